The quantitative estimate of drug-likeness (QED) is 0.645. The van der Waals surface area contributed by atoms with Crippen molar-refractivity contribution in [3.8, 4) is 11.5 Å². The molecule has 1 aromatic heterocycles. The number of imidazole rings is 1. The number of methoxy groups -OCH3 is 1. The van der Waals surface area contributed by atoms with Gasteiger partial charge in [-0.05, 0) is 30.3 Å². The summed E-state index contributed by atoms with van der Waals surface area (Å²) in [4.78, 5) is 19.4. The molecule has 1 fully saturated rings. The van der Waals surface area contributed by atoms with Crippen molar-refractivity contribution >= 4 is 22.6 Å². The van der Waals surface area contributed by atoms with Gasteiger partial charge in [0.25, 0.3) is 5.91 Å². The fourth-order valence-corrected chi connectivity index (χ4v) is 3.51. The molecule has 8 heteroatoms. The number of aromatic nitrogens is 2. The molecule has 0 bridgehead atoms. The second-order valence-corrected chi connectivity index (χ2v) is 7.17. The molecular weight excluding hydrogens is 384 g/mol. The predicted molar refractivity (Wildman–Crippen MR) is 114 cm³/mol. The zero-order valence-corrected chi connectivity index (χ0v) is 17.3. The van der Waals surface area contributed by atoms with Gasteiger partial charge in [-0.15, -0.1) is 0 Å². The minimum Gasteiger partial charge on any atom is -0.493 e. The number of carbonyl (C=O) groups excluding carboxylic acids is 1. The van der Waals surface area contributed by atoms with E-state index in [1.54, 1.807) is 19.2 Å². The highest BCUT2D eigenvalue weighted by molar-refractivity contribution is 5.94. The number of benzene rings is 2. The van der Waals surface area contributed by atoms with E-state index in [0.29, 0.717) is 17.2 Å². The van der Waals surface area contributed by atoms with Crippen LogP contribution in [0.3, 0.4) is 0 Å². The largest absolute Gasteiger partial charge is 0.493 e. The summed E-state index contributed by atoms with van der Waals surface area (Å²) in [5, 5.41) is 2.87. The average Bonchev–Trinajstić information content (AvgIpc) is 3.07. The molecule has 30 heavy (non-hydrogen) atoms. The topological polar surface area (TPSA) is 77.8 Å². The van der Waals surface area contributed by atoms with Crippen molar-refractivity contribution < 1.29 is 19.0 Å². The summed E-state index contributed by atoms with van der Waals surface area (Å²) in [5.41, 5.74) is 2.57. The molecule has 1 N–H and O–H groups in total. The van der Waals surface area contributed by atoms with Crippen LogP contribution < -0.4 is 14.8 Å². The molecule has 158 valence electrons. The molecule has 3 aromatic rings. The zero-order valence-electron chi connectivity index (χ0n) is 17.3. The number of hydrogen-bond acceptors (Lipinski definition) is 6. The molecule has 8 nitrogen and oxygen atoms in total. The molecule has 0 unspecified atom stereocenters. The number of morpholine rings is 1. The number of ether oxygens (including phenoxy) is 3. The maximum atomic E-state index is 12.3. The van der Waals surface area contributed by atoms with Gasteiger partial charge in [-0.25, -0.2) is 4.98 Å². The first-order valence-electron chi connectivity index (χ1n) is 9.95. The van der Waals surface area contributed by atoms with Gasteiger partial charge in [0.2, 0.25) is 0 Å². The van der Waals surface area contributed by atoms with Crippen molar-refractivity contribution in [2.45, 2.75) is 6.54 Å². The molecular formula is C22H26N4O4. The number of aryl methyl sites for hydroxylation is 1. The number of fused-ring (bicyclic) bond motifs is 1. The maximum absolute atomic E-state index is 12.3. The van der Waals surface area contributed by atoms with E-state index in [9.17, 15) is 4.79 Å². The average molecular weight is 410 g/mol. The first-order valence-corrected chi connectivity index (χ1v) is 9.95. The minimum absolute atomic E-state index is 0.108. The van der Waals surface area contributed by atoms with Crippen LogP contribution in [-0.2, 0) is 23.1 Å². The molecule has 1 aliphatic heterocycles. The Morgan fingerprint density at radius 1 is 1.17 bits per heavy atom. The van der Waals surface area contributed by atoms with E-state index in [1.807, 2.05) is 37.4 Å². The number of rotatable bonds is 7. The van der Waals surface area contributed by atoms with Crippen molar-refractivity contribution in [3.63, 3.8) is 0 Å². The molecule has 0 atom stereocenters. The third-order valence-electron chi connectivity index (χ3n) is 5.15. The van der Waals surface area contributed by atoms with Crippen LogP contribution in [0.2, 0.25) is 0 Å². The van der Waals surface area contributed by atoms with Crippen molar-refractivity contribution in [3.05, 3.63) is 48.3 Å². The standard InChI is InChI=1S/C22H26N4O4/c1-25-18-8-7-16(13-17(18)24-21(25)14-26-9-11-29-12-10-26)23-22(27)15-30-20-6-4-3-5-19(20)28-2/h3-8,13H,9-12,14-15H2,1-2H3,(H,23,27). The highest BCUT2D eigenvalue weighted by Gasteiger charge is 2.16. The molecule has 0 radical (unpaired) electrons. The van der Waals surface area contributed by atoms with Crippen LogP contribution in [0.1, 0.15) is 5.82 Å². The van der Waals surface area contributed by atoms with Crippen LogP contribution in [-0.4, -0.2) is 60.4 Å². The van der Waals surface area contributed by atoms with Gasteiger partial charge in [0.1, 0.15) is 5.82 Å². The van der Waals surface area contributed by atoms with Crippen molar-refractivity contribution in [1.82, 2.24) is 14.5 Å². The number of hydrogen-bond donors (Lipinski definition) is 1. The molecule has 0 saturated carbocycles. The SMILES string of the molecule is COc1ccccc1OCC(=O)Nc1ccc2c(c1)nc(CN1CCOCC1)n2C. The Balaban J connectivity index is 1.41. The van der Waals surface area contributed by atoms with Gasteiger partial charge in [0, 0.05) is 25.8 Å². The first-order chi connectivity index (χ1) is 14.6. The lowest BCUT2D eigenvalue weighted by atomic mass is 10.2. The Kier molecular flexibility index (Phi) is 6.15. The van der Waals surface area contributed by atoms with Gasteiger partial charge in [0.05, 0.1) is 37.9 Å². The van der Waals surface area contributed by atoms with E-state index in [-0.39, 0.29) is 12.5 Å². The number of carbonyl (C=O) groups is 1. The number of amides is 1. The lowest BCUT2D eigenvalue weighted by molar-refractivity contribution is -0.118. The fourth-order valence-electron chi connectivity index (χ4n) is 3.51. The van der Waals surface area contributed by atoms with Gasteiger partial charge in [0.15, 0.2) is 18.1 Å². The first kappa shape index (κ1) is 20.2. The van der Waals surface area contributed by atoms with E-state index >= 15 is 0 Å². The maximum Gasteiger partial charge on any atom is 0.262 e. The second-order valence-electron chi connectivity index (χ2n) is 7.17. The molecule has 1 saturated heterocycles. The van der Waals surface area contributed by atoms with Crippen LogP contribution in [0, 0.1) is 0 Å². The fraction of sp³-hybridized carbons (Fsp3) is 0.364. The molecule has 2 aromatic carbocycles. The van der Waals surface area contributed by atoms with Crippen LogP contribution in [0.5, 0.6) is 11.5 Å². The highest BCUT2D eigenvalue weighted by Crippen LogP contribution is 2.26. The van der Waals surface area contributed by atoms with Gasteiger partial charge >= 0.3 is 0 Å². The van der Waals surface area contributed by atoms with E-state index in [0.717, 1.165) is 49.7 Å². The van der Waals surface area contributed by atoms with Gasteiger partial charge in [-0.3, -0.25) is 9.69 Å². The second kappa shape index (κ2) is 9.15. The van der Waals surface area contributed by atoms with Crippen LogP contribution in [0.15, 0.2) is 42.5 Å². The smallest absolute Gasteiger partial charge is 0.262 e. The van der Waals surface area contributed by atoms with Crippen LogP contribution in [0.4, 0.5) is 5.69 Å². The summed E-state index contributed by atoms with van der Waals surface area (Å²) in [6.07, 6.45) is 0. The summed E-state index contributed by atoms with van der Waals surface area (Å²) in [6.45, 7) is 4.02. The molecule has 1 aliphatic rings. The van der Waals surface area contributed by atoms with Gasteiger partial charge in [-0.2, -0.15) is 0 Å². The molecule has 1 amide bonds. The minimum atomic E-state index is -0.246. The Bertz CT molecular complexity index is 1030. The van der Waals surface area contributed by atoms with Gasteiger partial charge in [-0.1, -0.05) is 12.1 Å². The molecule has 0 spiro atoms. The van der Waals surface area contributed by atoms with E-state index in [1.165, 1.54) is 0 Å². The monoisotopic (exact) mass is 410 g/mol. The molecule has 0 aliphatic carbocycles. The Hall–Kier alpha value is -3.10. The van der Waals surface area contributed by atoms with Crippen molar-refractivity contribution in [1.29, 1.82) is 0 Å². The van der Waals surface area contributed by atoms with Crippen molar-refractivity contribution in [2.75, 3.05) is 45.3 Å². The third kappa shape index (κ3) is 4.55. The lowest BCUT2D eigenvalue weighted by Crippen LogP contribution is -2.36. The van der Waals surface area contributed by atoms with E-state index < -0.39 is 0 Å². The predicted octanol–water partition coefficient (Wildman–Crippen LogP) is 2.43. The van der Waals surface area contributed by atoms with Crippen LogP contribution in [0.25, 0.3) is 11.0 Å². The van der Waals surface area contributed by atoms with E-state index in [4.69, 9.17) is 19.2 Å². The number of para-hydroxylation sites is 2. The molecule has 4 rings (SSSR count). The molecule has 2 heterocycles. The summed E-state index contributed by atoms with van der Waals surface area (Å²) in [7, 11) is 3.59. The number of anilines is 1. The van der Waals surface area contributed by atoms with Gasteiger partial charge < -0.3 is 24.1 Å². The summed E-state index contributed by atoms with van der Waals surface area (Å²) in [5.74, 6) is 1.87. The zero-order chi connectivity index (χ0) is 20.9. The lowest BCUT2D eigenvalue weighted by Gasteiger charge is -2.26. The summed E-state index contributed by atoms with van der Waals surface area (Å²) < 4.78 is 18.3. The summed E-state index contributed by atoms with van der Waals surface area (Å²) >= 11 is 0. The number of nitrogens with zero attached hydrogens (tertiary/aromatic N) is 3. The summed E-state index contributed by atoms with van der Waals surface area (Å²) in [6, 6.07) is 13.0. The Morgan fingerprint density at radius 2 is 1.93 bits per heavy atom. The Labute approximate surface area is 175 Å². The third-order valence-corrected chi connectivity index (χ3v) is 5.15. The van der Waals surface area contributed by atoms with Crippen LogP contribution >= 0.6 is 0 Å². The van der Waals surface area contributed by atoms with Crippen molar-refractivity contribution in [2.24, 2.45) is 7.05 Å². The Morgan fingerprint density at radius 3 is 2.70 bits per heavy atom. The highest BCUT2D eigenvalue weighted by atomic mass is 16.5. The van der Waals surface area contributed by atoms with E-state index in [2.05, 4.69) is 14.8 Å². The normalized spacial score (nSPS) is 14.6. The number of nitrogens with one attached hydrogen (secondary N) is 1.